The quantitative estimate of drug-likeness (QED) is 0.853. The molecule has 5 nitrogen and oxygen atoms in total. The van der Waals surface area contributed by atoms with Crippen LogP contribution in [0.2, 0.25) is 0 Å². The number of nitriles is 1. The molecule has 0 N–H and O–H groups in total. The lowest BCUT2D eigenvalue weighted by Crippen LogP contribution is -2.31. The van der Waals surface area contributed by atoms with Crippen molar-refractivity contribution < 1.29 is 9.32 Å². The van der Waals surface area contributed by atoms with E-state index in [9.17, 15) is 4.79 Å². The average Bonchev–Trinajstić information content (AvgIpc) is 3.13. The van der Waals surface area contributed by atoms with Gasteiger partial charge in [0.2, 0.25) is 0 Å². The molecular weight excluding hydrogens is 278 g/mol. The van der Waals surface area contributed by atoms with Crippen molar-refractivity contribution in [1.82, 2.24) is 10.1 Å². The van der Waals surface area contributed by atoms with Crippen molar-refractivity contribution in [3.8, 4) is 6.07 Å². The summed E-state index contributed by atoms with van der Waals surface area (Å²) in [5.41, 5.74) is 3.04. The van der Waals surface area contributed by atoms with Gasteiger partial charge in [0.1, 0.15) is 5.76 Å². The average molecular weight is 295 g/mol. The van der Waals surface area contributed by atoms with Crippen LogP contribution in [0.4, 0.5) is 0 Å². The smallest absolute Gasteiger partial charge is 0.254 e. The third-order valence-corrected chi connectivity index (χ3v) is 4.20. The Bertz CT molecular complexity index is 721. The third-order valence-electron chi connectivity index (χ3n) is 4.20. The van der Waals surface area contributed by atoms with Crippen LogP contribution in [0, 0.1) is 25.2 Å². The zero-order chi connectivity index (χ0) is 15.7. The molecule has 1 aliphatic rings. The van der Waals surface area contributed by atoms with Gasteiger partial charge >= 0.3 is 0 Å². The van der Waals surface area contributed by atoms with Gasteiger partial charge in [-0.2, -0.15) is 5.26 Å². The van der Waals surface area contributed by atoms with E-state index in [2.05, 4.69) is 11.2 Å². The van der Waals surface area contributed by atoms with Gasteiger partial charge < -0.3 is 9.42 Å². The van der Waals surface area contributed by atoms with Gasteiger partial charge in [0.25, 0.3) is 5.91 Å². The first-order chi connectivity index (χ1) is 10.6. The molecule has 22 heavy (non-hydrogen) atoms. The fourth-order valence-corrected chi connectivity index (χ4v) is 3.13. The molecule has 1 aliphatic heterocycles. The van der Waals surface area contributed by atoms with E-state index in [1.54, 1.807) is 24.3 Å². The molecule has 1 aromatic carbocycles. The summed E-state index contributed by atoms with van der Waals surface area (Å²) in [6.45, 7) is 4.53. The Morgan fingerprint density at radius 3 is 2.68 bits per heavy atom. The van der Waals surface area contributed by atoms with Crippen LogP contribution >= 0.6 is 0 Å². The minimum atomic E-state index is -0.00742. The highest BCUT2D eigenvalue weighted by Gasteiger charge is 2.34. The second kappa shape index (κ2) is 5.64. The number of nitrogens with zero attached hydrogens (tertiary/aromatic N) is 3. The minimum absolute atomic E-state index is 0.00742. The highest BCUT2D eigenvalue weighted by atomic mass is 16.5. The van der Waals surface area contributed by atoms with Gasteiger partial charge in [-0.3, -0.25) is 4.79 Å². The van der Waals surface area contributed by atoms with E-state index >= 15 is 0 Å². The summed E-state index contributed by atoms with van der Waals surface area (Å²) >= 11 is 0. The highest BCUT2D eigenvalue weighted by molar-refractivity contribution is 5.94. The number of rotatable bonds is 2. The Morgan fingerprint density at radius 1 is 1.36 bits per heavy atom. The number of amides is 1. The molecule has 0 spiro atoms. The van der Waals surface area contributed by atoms with Crippen molar-refractivity contribution in [2.75, 3.05) is 6.54 Å². The maximum absolute atomic E-state index is 12.8. The molecule has 0 radical (unpaired) electrons. The van der Waals surface area contributed by atoms with E-state index in [1.165, 1.54) is 0 Å². The van der Waals surface area contributed by atoms with Crippen LogP contribution in [-0.2, 0) is 0 Å². The first-order valence-corrected chi connectivity index (χ1v) is 7.35. The number of aryl methyl sites for hydroxylation is 2. The summed E-state index contributed by atoms with van der Waals surface area (Å²) in [4.78, 5) is 14.6. The molecule has 0 aliphatic carbocycles. The Hall–Kier alpha value is -2.61. The number of benzene rings is 1. The number of aromatic nitrogens is 1. The molecule has 1 amide bonds. The van der Waals surface area contributed by atoms with E-state index in [1.807, 2.05) is 18.7 Å². The molecular formula is C17H17N3O2. The SMILES string of the molecule is Cc1noc(C)c1[C@@H]1CCCN1C(=O)c1ccc(C#N)cc1. The number of hydrogen-bond acceptors (Lipinski definition) is 4. The molecule has 1 fully saturated rings. The topological polar surface area (TPSA) is 70.1 Å². The second-order valence-electron chi connectivity index (χ2n) is 5.58. The van der Waals surface area contributed by atoms with Crippen molar-refractivity contribution in [2.24, 2.45) is 0 Å². The van der Waals surface area contributed by atoms with E-state index in [4.69, 9.17) is 9.78 Å². The largest absolute Gasteiger partial charge is 0.361 e. The van der Waals surface area contributed by atoms with Gasteiger partial charge in [0.05, 0.1) is 23.4 Å². The lowest BCUT2D eigenvalue weighted by atomic mass is 10.0. The van der Waals surface area contributed by atoms with Gasteiger partial charge in [-0.05, 0) is 51.0 Å². The third kappa shape index (κ3) is 2.37. The van der Waals surface area contributed by atoms with E-state index in [0.29, 0.717) is 11.1 Å². The van der Waals surface area contributed by atoms with Crippen LogP contribution < -0.4 is 0 Å². The lowest BCUT2D eigenvalue weighted by molar-refractivity contribution is 0.0734. The zero-order valence-electron chi connectivity index (χ0n) is 12.7. The van der Waals surface area contributed by atoms with E-state index in [-0.39, 0.29) is 11.9 Å². The minimum Gasteiger partial charge on any atom is -0.361 e. The zero-order valence-corrected chi connectivity index (χ0v) is 12.7. The molecule has 3 rings (SSSR count). The molecule has 0 bridgehead atoms. The van der Waals surface area contributed by atoms with Crippen molar-refractivity contribution in [2.45, 2.75) is 32.7 Å². The number of carbonyl (C=O) groups excluding carboxylic acids is 1. The van der Waals surface area contributed by atoms with Gasteiger partial charge in [0.15, 0.2) is 0 Å². The first-order valence-electron chi connectivity index (χ1n) is 7.35. The summed E-state index contributed by atoms with van der Waals surface area (Å²) < 4.78 is 5.25. The van der Waals surface area contributed by atoms with Gasteiger partial charge in [0, 0.05) is 17.7 Å². The van der Waals surface area contributed by atoms with E-state index in [0.717, 1.165) is 36.4 Å². The summed E-state index contributed by atoms with van der Waals surface area (Å²) in [7, 11) is 0. The Kier molecular flexibility index (Phi) is 3.68. The molecule has 1 saturated heterocycles. The van der Waals surface area contributed by atoms with Crippen LogP contribution in [0.25, 0.3) is 0 Å². The lowest BCUT2D eigenvalue weighted by Gasteiger charge is -2.25. The fraction of sp³-hybridized carbons (Fsp3) is 0.353. The van der Waals surface area contributed by atoms with Crippen LogP contribution in [0.3, 0.4) is 0 Å². The summed E-state index contributed by atoms with van der Waals surface area (Å²) in [6.07, 6.45) is 1.89. The van der Waals surface area contributed by atoms with Crippen LogP contribution in [0.15, 0.2) is 28.8 Å². The second-order valence-corrected chi connectivity index (χ2v) is 5.58. The molecule has 5 heteroatoms. The van der Waals surface area contributed by atoms with E-state index < -0.39 is 0 Å². The molecule has 1 atom stereocenters. The first kappa shape index (κ1) is 14.3. The molecule has 0 saturated carbocycles. The standard InChI is InChI=1S/C17H17N3O2/c1-11-16(12(2)22-19-11)15-4-3-9-20(15)17(21)14-7-5-13(10-18)6-8-14/h5-8,15H,3-4,9H2,1-2H3/t15-/m0/s1. The molecule has 112 valence electrons. The van der Waals surface area contributed by atoms with Gasteiger partial charge in [-0.1, -0.05) is 5.16 Å². The predicted octanol–water partition coefficient (Wildman–Crippen LogP) is 3.14. The van der Waals surface area contributed by atoms with Crippen LogP contribution in [-0.4, -0.2) is 22.5 Å². The Labute approximate surface area is 129 Å². The molecule has 2 heterocycles. The van der Waals surface area contributed by atoms with Crippen molar-refractivity contribution in [3.05, 3.63) is 52.4 Å². The maximum atomic E-state index is 12.8. The Morgan fingerprint density at radius 2 is 2.09 bits per heavy atom. The summed E-state index contributed by atoms with van der Waals surface area (Å²) in [5, 5.41) is 12.8. The van der Waals surface area contributed by atoms with Gasteiger partial charge in [-0.25, -0.2) is 0 Å². The molecule has 1 aromatic heterocycles. The molecule has 2 aromatic rings. The van der Waals surface area contributed by atoms with Crippen molar-refractivity contribution in [1.29, 1.82) is 5.26 Å². The normalized spacial score (nSPS) is 17.5. The number of hydrogen-bond donors (Lipinski definition) is 0. The predicted molar refractivity (Wildman–Crippen MR) is 80.1 cm³/mol. The monoisotopic (exact) mass is 295 g/mol. The highest BCUT2D eigenvalue weighted by Crippen LogP contribution is 2.36. The maximum Gasteiger partial charge on any atom is 0.254 e. The van der Waals surface area contributed by atoms with Crippen molar-refractivity contribution in [3.63, 3.8) is 0 Å². The van der Waals surface area contributed by atoms with Crippen molar-refractivity contribution >= 4 is 5.91 Å². The number of carbonyl (C=O) groups is 1. The summed E-state index contributed by atoms with van der Waals surface area (Å²) in [6, 6.07) is 8.86. The summed E-state index contributed by atoms with van der Waals surface area (Å²) in [5.74, 6) is 0.772. The fourth-order valence-electron chi connectivity index (χ4n) is 3.13. The molecule has 0 unspecified atom stereocenters. The van der Waals surface area contributed by atoms with Crippen LogP contribution in [0.5, 0.6) is 0 Å². The van der Waals surface area contributed by atoms with Crippen LogP contribution in [0.1, 0.15) is 51.8 Å². The Balaban J connectivity index is 1.89. The number of likely N-dealkylation sites (tertiary alicyclic amines) is 1. The van der Waals surface area contributed by atoms with Gasteiger partial charge in [-0.15, -0.1) is 0 Å².